The van der Waals surface area contributed by atoms with Gasteiger partial charge in [0.2, 0.25) is 10.0 Å². The van der Waals surface area contributed by atoms with E-state index in [1.165, 1.54) is 19.2 Å². The van der Waals surface area contributed by atoms with Gasteiger partial charge < -0.3 is 9.47 Å². The minimum absolute atomic E-state index is 0.00375. The molecule has 9 heteroatoms. The first-order chi connectivity index (χ1) is 15.7. The Hall–Kier alpha value is -2.88. The van der Waals surface area contributed by atoms with Crippen molar-refractivity contribution >= 4 is 15.9 Å². The molecule has 2 aromatic rings. The minimum atomic E-state index is -4.11. The second-order valence-corrected chi connectivity index (χ2v) is 9.81. The molecule has 2 N–H and O–H groups in total. The fourth-order valence-electron chi connectivity index (χ4n) is 3.29. The molecule has 1 atom stereocenters. The van der Waals surface area contributed by atoms with Gasteiger partial charge in [0.15, 0.2) is 0 Å². The lowest BCUT2D eigenvalue weighted by atomic mass is 10.0. The maximum absolute atomic E-state index is 13.7. The summed E-state index contributed by atoms with van der Waals surface area (Å²) < 4.78 is 39.3. The molecule has 2 aromatic carbocycles. The fourth-order valence-corrected chi connectivity index (χ4v) is 4.88. The Morgan fingerprint density at radius 2 is 1.88 bits per heavy atom. The summed E-state index contributed by atoms with van der Waals surface area (Å²) in [6.07, 6.45) is 2.62. The lowest BCUT2D eigenvalue weighted by Gasteiger charge is -2.30. The van der Waals surface area contributed by atoms with Crippen molar-refractivity contribution in [1.29, 1.82) is 0 Å². The highest BCUT2D eigenvalue weighted by Crippen LogP contribution is 2.27. The summed E-state index contributed by atoms with van der Waals surface area (Å²) in [6, 6.07) is 11.9. The lowest BCUT2D eigenvalue weighted by molar-refractivity contribution is -0.133. The molecule has 0 saturated heterocycles. The van der Waals surface area contributed by atoms with Crippen molar-refractivity contribution in [3.8, 4) is 11.5 Å². The van der Waals surface area contributed by atoms with Crippen LogP contribution in [0.15, 0.2) is 66.1 Å². The van der Waals surface area contributed by atoms with E-state index in [1.54, 1.807) is 48.0 Å². The van der Waals surface area contributed by atoms with Gasteiger partial charge >= 0.3 is 0 Å². The highest BCUT2D eigenvalue weighted by atomic mass is 32.2. The molecular weight excluding hydrogens is 444 g/mol. The Morgan fingerprint density at radius 3 is 2.45 bits per heavy atom. The number of sulfonamides is 1. The van der Waals surface area contributed by atoms with E-state index in [0.717, 1.165) is 4.31 Å². The zero-order valence-corrected chi connectivity index (χ0v) is 20.0. The van der Waals surface area contributed by atoms with Gasteiger partial charge in [0, 0.05) is 6.54 Å². The quantitative estimate of drug-likeness (QED) is 0.197. The molecule has 0 aliphatic carbocycles. The number of hydrogen-bond donors (Lipinski definition) is 2. The van der Waals surface area contributed by atoms with Gasteiger partial charge in [0.05, 0.1) is 18.6 Å². The Kier molecular flexibility index (Phi) is 9.90. The molecule has 0 radical (unpaired) electrons. The van der Waals surface area contributed by atoms with Crippen LogP contribution < -0.4 is 15.0 Å². The first kappa shape index (κ1) is 26.4. The summed E-state index contributed by atoms with van der Waals surface area (Å²) in [5, 5.41) is 9.33. The molecule has 2 rings (SSSR count). The van der Waals surface area contributed by atoms with E-state index in [9.17, 15) is 18.4 Å². The summed E-state index contributed by atoms with van der Waals surface area (Å²) in [5.74, 6) is 0.301. The van der Waals surface area contributed by atoms with Crippen LogP contribution in [0.2, 0.25) is 0 Å². The van der Waals surface area contributed by atoms with Gasteiger partial charge in [-0.1, -0.05) is 32.1 Å². The number of nitrogens with zero attached hydrogens (tertiary/aromatic N) is 1. The van der Waals surface area contributed by atoms with Gasteiger partial charge in [-0.05, 0) is 60.7 Å². The SMILES string of the molecule is C=CCCOc1ccc(S(=O)(=O)N(Cc2cccc(OC)c2)C(CC(C)C)C(=O)NO)cc1. The maximum atomic E-state index is 13.7. The third-order valence-electron chi connectivity index (χ3n) is 4.95. The molecule has 1 amide bonds. The van der Waals surface area contributed by atoms with E-state index >= 15 is 0 Å². The van der Waals surface area contributed by atoms with E-state index in [2.05, 4.69) is 6.58 Å². The molecule has 0 aromatic heterocycles. The smallest absolute Gasteiger partial charge is 0.261 e. The van der Waals surface area contributed by atoms with Gasteiger partial charge in [-0.2, -0.15) is 4.31 Å². The van der Waals surface area contributed by atoms with Crippen molar-refractivity contribution in [2.75, 3.05) is 13.7 Å². The summed E-state index contributed by atoms with van der Waals surface area (Å²) in [7, 11) is -2.59. The molecule has 0 fully saturated rings. The molecule has 1 unspecified atom stereocenters. The predicted molar refractivity (Wildman–Crippen MR) is 126 cm³/mol. The van der Waals surface area contributed by atoms with Crippen LogP contribution in [0.4, 0.5) is 0 Å². The molecule has 33 heavy (non-hydrogen) atoms. The standard InChI is InChI=1S/C24H32N2O6S/c1-5-6-14-32-20-10-12-22(13-11-20)33(29,30)26(23(15-18(2)3)24(27)25-28)17-19-8-7-9-21(16-19)31-4/h5,7-13,16,18,23,28H,1,6,14-15,17H2,2-4H3,(H,25,27). The number of carbonyl (C=O) groups excluding carboxylic acids is 1. The van der Waals surface area contributed by atoms with Crippen LogP contribution in [-0.4, -0.2) is 43.6 Å². The van der Waals surface area contributed by atoms with E-state index < -0.39 is 22.0 Å². The van der Waals surface area contributed by atoms with Gasteiger partial charge in [0.25, 0.3) is 5.91 Å². The van der Waals surface area contributed by atoms with Crippen molar-refractivity contribution in [1.82, 2.24) is 9.79 Å². The number of benzene rings is 2. The van der Waals surface area contributed by atoms with Crippen molar-refractivity contribution in [3.05, 3.63) is 66.7 Å². The van der Waals surface area contributed by atoms with Gasteiger partial charge in [0.1, 0.15) is 17.5 Å². The monoisotopic (exact) mass is 476 g/mol. The third-order valence-corrected chi connectivity index (χ3v) is 6.82. The molecule has 0 heterocycles. The number of rotatable bonds is 13. The van der Waals surface area contributed by atoms with E-state index in [4.69, 9.17) is 9.47 Å². The molecule has 0 saturated carbocycles. The molecular formula is C24H32N2O6S. The largest absolute Gasteiger partial charge is 0.497 e. The lowest BCUT2D eigenvalue weighted by Crippen LogP contribution is -2.49. The molecule has 8 nitrogen and oxygen atoms in total. The van der Waals surface area contributed by atoms with Crippen molar-refractivity contribution in [2.24, 2.45) is 5.92 Å². The average molecular weight is 477 g/mol. The molecule has 0 bridgehead atoms. The van der Waals surface area contributed by atoms with Crippen molar-refractivity contribution < 1.29 is 27.9 Å². The van der Waals surface area contributed by atoms with Gasteiger partial charge in [-0.15, -0.1) is 6.58 Å². The second-order valence-electron chi connectivity index (χ2n) is 7.92. The average Bonchev–Trinajstić information content (AvgIpc) is 2.81. The Labute approximate surface area is 195 Å². The predicted octanol–water partition coefficient (Wildman–Crippen LogP) is 3.76. The number of nitrogens with one attached hydrogen (secondary N) is 1. The number of carbonyl (C=O) groups is 1. The summed E-state index contributed by atoms with van der Waals surface area (Å²) in [6.45, 7) is 7.75. The van der Waals surface area contributed by atoms with E-state index in [0.29, 0.717) is 30.1 Å². The second kappa shape index (κ2) is 12.4. The Balaban J connectivity index is 2.47. The first-order valence-corrected chi connectivity index (χ1v) is 12.1. The normalized spacial score (nSPS) is 12.4. The topological polar surface area (TPSA) is 105 Å². The van der Waals surface area contributed by atoms with Crippen LogP contribution >= 0.6 is 0 Å². The van der Waals surface area contributed by atoms with Gasteiger partial charge in [-0.25, -0.2) is 13.9 Å². The van der Waals surface area contributed by atoms with Crippen LogP contribution in [0.1, 0.15) is 32.3 Å². The molecule has 180 valence electrons. The van der Waals surface area contributed by atoms with Crippen LogP contribution in [0.3, 0.4) is 0 Å². The van der Waals surface area contributed by atoms with E-state index in [-0.39, 0.29) is 23.8 Å². The Bertz CT molecular complexity index is 1020. The first-order valence-electron chi connectivity index (χ1n) is 10.7. The van der Waals surface area contributed by atoms with Crippen LogP contribution in [0.5, 0.6) is 11.5 Å². The number of hydroxylamine groups is 1. The van der Waals surface area contributed by atoms with Gasteiger partial charge in [-0.3, -0.25) is 10.0 Å². The number of amides is 1. The highest BCUT2D eigenvalue weighted by Gasteiger charge is 2.36. The molecule has 0 spiro atoms. The zero-order chi connectivity index (χ0) is 24.4. The summed E-state index contributed by atoms with van der Waals surface area (Å²) in [5.41, 5.74) is 2.26. The number of ether oxygens (including phenoxy) is 2. The van der Waals surface area contributed by atoms with E-state index in [1.807, 2.05) is 13.8 Å². The fraction of sp³-hybridized carbons (Fsp3) is 0.375. The summed E-state index contributed by atoms with van der Waals surface area (Å²) >= 11 is 0. The summed E-state index contributed by atoms with van der Waals surface area (Å²) in [4.78, 5) is 12.6. The molecule has 0 aliphatic heterocycles. The number of methoxy groups -OCH3 is 1. The third kappa shape index (κ3) is 7.31. The maximum Gasteiger partial charge on any atom is 0.261 e. The van der Waals surface area contributed by atoms with Crippen LogP contribution in [-0.2, 0) is 21.4 Å². The van der Waals surface area contributed by atoms with Crippen LogP contribution in [0, 0.1) is 5.92 Å². The highest BCUT2D eigenvalue weighted by molar-refractivity contribution is 7.89. The number of hydrogen-bond acceptors (Lipinski definition) is 6. The minimum Gasteiger partial charge on any atom is -0.497 e. The van der Waals surface area contributed by atoms with Crippen molar-refractivity contribution in [3.63, 3.8) is 0 Å². The molecule has 0 aliphatic rings. The zero-order valence-electron chi connectivity index (χ0n) is 19.2. The van der Waals surface area contributed by atoms with Crippen LogP contribution in [0.25, 0.3) is 0 Å². The van der Waals surface area contributed by atoms with Crippen molar-refractivity contribution in [2.45, 2.75) is 44.2 Å². The Morgan fingerprint density at radius 1 is 1.18 bits per heavy atom.